The molecule has 0 amide bonds. The molecule has 33 heavy (non-hydrogen) atoms. The summed E-state index contributed by atoms with van der Waals surface area (Å²) in [4.78, 5) is 0. The van der Waals surface area contributed by atoms with Crippen LogP contribution in [0.4, 0.5) is 0 Å². The number of hydrogen-bond donors (Lipinski definition) is 2. The van der Waals surface area contributed by atoms with Crippen molar-refractivity contribution in [1.82, 2.24) is 0 Å². The van der Waals surface area contributed by atoms with Gasteiger partial charge in [0.1, 0.15) is 36.1 Å². The third-order valence-electron chi connectivity index (χ3n) is 6.10. The van der Waals surface area contributed by atoms with Crippen LogP contribution in [0.1, 0.15) is 55.0 Å². The van der Waals surface area contributed by atoms with Crippen LogP contribution in [0.3, 0.4) is 0 Å². The lowest BCUT2D eigenvalue weighted by Gasteiger charge is -2.38. The van der Waals surface area contributed by atoms with E-state index >= 15 is 0 Å². The molecule has 5 nitrogen and oxygen atoms in total. The van der Waals surface area contributed by atoms with Gasteiger partial charge in [0.25, 0.3) is 0 Å². The summed E-state index contributed by atoms with van der Waals surface area (Å²) in [6.07, 6.45) is 5.59. The first-order chi connectivity index (χ1) is 15.5. The predicted molar refractivity (Wildman–Crippen MR) is 139 cm³/mol. The van der Waals surface area contributed by atoms with Crippen molar-refractivity contribution in [2.75, 3.05) is 13.2 Å². The quantitative estimate of drug-likeness (QED) is 0.436. The third-order valence-corrected chi connectivity index (χ3v) is 6.72. The zero-order valence-corrected chi connectivity index (χ0v) is 22.1. The molecule has 2 aromatic rings. The highest BCUT2D eigenvalue weighted by molar-refractivity contribution is 9.10. The van der Waals surface area contributed by atoms with Gasteiger partial charge < -0.3 is 25.7 Å². The van der Waals surface area contributed by atoms with E-state index in [-0.39, 0.29) is 5.82 Å². The highest BCUT2D eigenvalue weighted by atomic mass is 79.9. The maximum absolute atomic E-state index is 6.60. The fourth-order valence-corrected chi connectivity index (χ4v) is 4.55. The highest BCUT2D eigenvalue weighted by Gasteiger charge is 2.35. The second-order valence-corrected chi connectivity index (χ2v) is 10.1. The Morgan fingerprint density at radius 1 is 1.12 bits per heavy atom. The minimum absolute atomic E-state index is 0.267. The molecule has 0 bridgehead atoms. The molecule has 4 N–H and O–H groups in total. The summed E-state index contributed by atoms with van der Waals surface area (Å²) < 4.78 is 19.8. The number of halogens is 1. The third kappa shape index (κ3) is 5.85. The fraction of sp³-hybridized carbons (Fsp3) is 0.407. The van der Waals surface area contributed by atoms with Gasteiger partial charge in [0.2, 0.25) is 0 Å². The molecule has 3 rings (SSSR count). The van der Waals surface area contributed by atoms with E-state index in [1.54, 1.807) is 6.08 Å². The van der Waals surface area contributed by atoms with Crippen molar-refractivity contribution < 1.29 is 14.2 Å². The molecule has 1 heterocycles. The van der Waals surface area contributed by atoms with Gasteiger partial charge in [-0.2, -0.15) is 0 Å². The first-order valence-electron chi connectivity index (χ1n) is 11.2. The van der Waals surface area contributed by atoms with Gasteiger partial charge in [0, 0.05) is 5.56 Å². The largest absolute Gasteiger partial charge is 0.489 e. The Balaban J connectivity index is 1.78. The van der Waals surface area contributed by atoms with Gasteiger partial charge in [0.05, 0.1) is 10.3 Å². The van der Waals surface area contributed by atoms with Crippen LogP contribution < -0.4 is 25.7 Å². The summed E-state index contributed by atoms with van der Waals surface area (Å²) in [6.45, 7) is 13.6. The van der Waals surface area contributed by atoms with Crippen molar-refractivity contribution >= 4 is 22.0 Å². The summed E-state index contributed by atoms with van der Waals surface area (Å²) in [5.41, 5.74) is 17.5. The maximum atomic E-state index is 6.60. The number of nitrogens with two attached hydrogens (primary N) is 2. The van der Waals surface area contributed by atoms with Crippen molar-refractivity contribution in [2.45, 2.75) is 60.0 Å². The Labute approximate surface area is 205 Å². The van der Waals surface area contributed by atoms with Gasteiger partial charge >= 0.3 is 0 Å². The number of hydrogen-bond acceptors (Lipinski definition) is 5. The molecule has 0 saturated heterocycles. The van der Waals surface area contributed by atoms with Gasteiger partial charge in [-0.3, -0.25) is 0 Å². The SMILES string of the molecule is CC(C)=CCOc1c(C)c(C)c2c(c1C)CCC(C)(COc1ccc(C=C(N)N)cc1Br)O2. The zero-order valence-electron chi connectivity index (χ0n) is 20.5. The fourth-order valence-electron chi connectivity index (χ4n) is 4.04. The summed E-state index contributed by atoms with van der Waals surface area (Å²) in [6, 6.07) is 5.77. The van der Waals surface area contributed by atoms with Crippen LogP contribution in [0.2, 0.25) is 0 Å². The van der Waals surface area contributed by atoms with E-state index in [1.165, 1.54) is 16.7 Å². The van der Waals surface area contributed by atoms with Gasteiger partial charge in [-0.1, -0.05) is 11.6 Å². The Hall–Kier alpha value is -2.60. The molecule has 0 aromatic heterocycles. The van der Waals surface area contributed by atoms with Crippen molar-refractivity contribution in [3.05, 3.63) is 68.0 Å². The Kier molecular flexibility index (Phi) is 7.68. The molecule has 1 aliphatic rings. The zero-order chi connectivity index (χ0) is 24.3. The number of ether oxygens (including phenoxy) is 3. The van der Waals surface area contributed by atoms with E-state index in [0.717, 1.165) is 51.3 Å². The molecule has 1 unspecified atom stereocenters. The molecule has 1 atom stereocenters. The normalized spacial score (nSPS) is 16.9. The number of rotatable bonds is 7. The smallest absolute Gasteiger partial charge is 0.140 e. The van der Waals surface area contributed by atoms with Crippen LogP contribution in [0, 0.1) is 20.8 Å². The standard InChI is InChI=1S/C27H35BrN2O3/c1-16(2)10-12-31-25-17(3)18(4)26-21(19(25)5)9-11-27(6,33-26)15-32-23-8-7-20(13-22(23)28)14-24(29)30/h7-8,10,13-14H,9,11-12,15,29-30H2,1-6H3. The van der Waals surface area contributed by atoms with E-state index in [1.807, 2.05) is 18.2 Å². The van der Waals surface area contributed by atoms with Crippen molar-refractivity contribution in [3.8, 4) is 17.2 Å². The highest BCUT2D eigenvalue weighted by Crippen LogP contribution is 2.44. The molecule has 0 aliphatic carbocycles. The Morgan fingerprint density at radius 2 is 1.85 bits per heavy atom. The van der Waals surface area contributed by atoms with Gasteiger partial charge in [-0.15, -0.1) is 0 Å². The lowest BCUT2D eigenvalue weighted by atomic mass is 9.87. The summed E-state index contributed by atoms with van der Waals surface area (Å²) >= 11 is 3.58. The van der Waals surface area contributed by atoms with E-state index in [9.17, 15) is 0 Å². The van der Waals surface area contributed by atoms with Crippen molar-refractivity contribution in [1.29, 1.82) is 0 Å². The number of allylic oxidation sites excluding steroid dienone is 1. The van der Waals surface area contributed by atoms with Gasteiger partial charge in [-0.25, -0.2) is 0 Å². The molecule has 2 aromatic carbocycles. The summed E-state index contributed by atoms with van der Waals surface area (Å²) in [5, 5.41) is 0. The van der Waals surface area contributed by atoms with Crippen LogP contribution in [0.15, 0.2) is 40.1 Å². The van der Waals surface area contributed by atoms with Crippen LogP contribution in [-0.2, 0) is 6.42 Å². The molecule has 0 saturated carbocycles. The minimum Gasteiger partial charge on any atom is -0.489 e. The molecule has 178 valence electrons. The molecule has 0 spiro atoms. The van der Waals surface area contributed by atoms with Gasteiger partial charge in [-0.05, 0) is 117 Å². The number of fused-ring (bicyclic) bond motifs is 1. The topological polar surface area (TPSA) is 79.7 Å². The first-order valence-corrected chi connectivity index (χ1v) is 12.0. The Bertz CT molecular complexity index is 1100. The molecule has 1 aliphatic heterocycles. The van der Waals surface area contributed by atoms with Crippen LogP contribution >= 0.6 is 15.9 Å². The number of benzene rings is 2. The van der Waals surface area contributed by atoms with Crippen molar-refractivity contribution in [3.63, 3.8) is 0 Å². The molecule has 0 radical (unpaired) electrons. The van der Waals surface area contributed by atoms with E-state index in [0.29, 0.717) is 13.2 Å². The summed E-state index contributed by atoms with van der Waals surface area (Å²) in [7, 11) is 0. The van der Waals surface area contributed by atoms with E-state index in [4.69, 9.17) is 25.7 Å². The molecule has 6 heteroatoms. The minimum atomic E-state index is -0.430. The van der Waals surface area contributed by atoms with E-state index < -0.39 is 5.60 Å². The van der Waals surface area contributed by atoms with Crippen LogP contribution in [0.25, 0.3) is 6.08 Å². The average Bonchev–Trinajstić information content (AvgIpc) is 2.73. The lowest BCUT2D eigenvalue weighted by Crippen LogP contribution is -2.42. The van der Waals surface area contributed by atoms with Crippen LogP contribution in [-0.4, -0.2) is 18.8 Å². The lowest BCUT2D eigenvalue weighted by molar-refractivity contribution is 0.0164. The molecular formula is C27H35BrN2O3. The van der Waals surface area contributed by atoms with E-state index in [2.05, 4.69) is 63.5 Å². The molecular weight excluding hydrogens is 480 g/mol. The maximum Gasteiger partial charge on any atom is 0.140 e. The second kappa shape index (κ2) is 10.1. The predicted octanol–water partition coefficient (Wildman–Crippen LogP) is 6.10. The first kappa shape index (κ1) is 25.0. The Morgan fingerprint density at radius 3 is 2.48 bits per heavy atom. The monoisotopic (exact) mass is 514 g/mol. The van der Waals surface area contributed by atoms with Crippen LogP contribution in [0.5, 0.6) is 17.2 Å². The molecule has 0 fully saturated rings. The second-order valence-electron chi connectivity index (χ2n) is 9.28. The summed E-state index contributed by atoms with van der Waals surface area (Å²) in [5.74, 6) is 2.97. The van der Waals surface area contributed by atoms with Crippen molar-refractivity contribution in [2.24, 2.45) is 11.5 Å². The average molecular weight is 515 g/mol. The van der Waals surface area contributed by atoms with Gasteiger partial charge in [0.15, 0.2) is 0 Å².